The summed E-state index contributed by atoms with van der Waals surface area (Å²) in [6, 6.07) is 0. The molecule has 80 valence electrons. The molecular formula is C10H16INO2. The van der Waals surface area contributed by atoms with Crippen LogP contribution in [-0.4, -0.2) is 24.6 Å². The summed E-state index contributed by atoms with van der Waals surface area (Å²) in [7, 11) is 3.21. The van der Waals surface area contributed by atoms with E-state index in [9.17, 15) is 4.79 Å². The highest BCUT2D eigenvalue weighted by atomic mass is 127. The molecule has 0 aromatic heterocycles. The van der Waals surface area contributed by atoms with Crippen molar-refractivity contribution in [3.05, 3.63) is 23.4 Å². The van der Waals surface area contributed by atoms with E-state index < -0.39 is 0 Å². The van der Waals surface area contributed by atoms with Crippen molar-refractivity contribution in [1.29, 1.82) is 0 Å². The van der Waals surface area contributed by atoms with Crippen molar-refractivity contribution in [2.75, 3.05) is 18.6 Å². The minimum Gasteiger partial charge on any atom is -0.465 e. The predicted octanol–water partition coefficient (Wildman–Crippen LogP) is 2.03. The van der Waals surface area contributed by atoms with Crippen LogP contribution in [0.3, 0.4) is 0 Å². The number of hydrogen-bond acceptors (Lipinski definition) is 3. The molecule has 0 aromatic rings. The number of esters is 1. The van der Waals surface area contributed by atoms with Crippen LogP contribution in [0.25, 0.3) is 0 Å². The highest BCUT2D eigenvalue weighted by Gasteiger charge is 2.12. The molecule has 3 nitrogen and oxygen atoms in total. The Labute approximate surface area is 98.7 Å². The first-order valence-electron chi connectivity index (χ1n) is 4.42. The molecule has 0 aromatic carbocycles. The maximum absolute atomic E-state index is 11.4. The predicted molar refractivity (Wildman–Crippen MR) is 66.4 cm³/mol. The molecule has 14 heavy (non-hydrogen) atoms. The van der Waals surface area contributed by atoms with Crippen LogP contribution in [0.15, 0.2) is 23.4 Å². The quantitative estimate of drug-likeness (QED) is 0.278. The zero-order valence-corrected chi connectivity index (χ0v) is 10.9. The maximum Gasteiger partial charge on any atom is 0.337 e. The van der Waals surface area contributed by atoms with Crippen LogP contribution in [0.4, 0.5) is 0 Å². The number of carbonyl (C=O) groups excluding carboxylic acids is 1. The minimum atomic E-state index is -0.273. The van der Waals surface area contributed by atoms with E-state index in [0.29, 0.717) is 5.57 Å². The molecule has 0 saturated heterocycles. The van der Waals surface area contributed by atoms with Gasteiger partial charge in [-0.2, -0.15) is 0 Å². The Bertz CT molecular complexity index is 247. The number of nitrogens with one attached hydrogen (secondary N) is 1. The average Bonchev–Trinajstić information content (AvgIpc) is 2.22. The van der Waals surface area contributed by atoms with Gasteiger partial charge in [-0.3, -0.25) is 0 Å². The van der Waals surface area contributed by atoms with Gasteiger partial charge in [0.2, 0.25) is 0 Å². The number of allylic oxidation sites excluding steroid dienone is 1. The van der Waals surface area contributed by atoms with Crippen molar-refractivity contribution >= 4 is 28.6 Å². The summed E-state index contributed by atoms with van der Waals surface area (Å²) >= 11 is 2.22. The molecular weight excluding hydrogens is 293 g/mol. The first kappa shape index (κ1) is 13.5. The van der Waals surface area contributed by atoms with Crippen molar-refractivity contribution in [2.24, 2.45) is 0 Å². The Morgan fingerprint density at radius 3 is 2.57 bits per heavy atom. The second-order valence-corrected chi connectivity index (χ2v) is 3.37. The molecule has 0 atom stereocenters. The summed E-state index contributed by atoms with van der Waals surface area (Å²) in [5.74, 6) is -0.273. The Balaban J connectivity index is 4.89. The standard InChI is InChI=1S/C10H16INO2/c1-4-5-9(10(13)14-3)8(6-11)7-12-2/h5,7,12H,4,6H2,1-3H3/b8-7+,9-5+. The molecule has 0 radical (unpaired) electrons. The highest BCUT2D eigenvalue weighted by molar-refractivity contribution is 14.1. The van der Waals surface area contributed by atoms with Gasteiger partial charge in [-0.1, -0.05) is 35.6 Å². The number of ether oxygens (including phenoxy) is 1. The molecule has 0 heterocycles. The smallest absolute Gasteiger partial charge is 0.337 e. The van der Waals surface area contributed by atoms with E-state index in [4.69, 9.17) is 4.74 Å². The van der Waals surface area contributed by atoms with E-state index in [1.807, 2.05) is 26.2 Å². The molecule has 0 bridgehead atoms. The number of carbonyl (C=O) groups is 1. The number of rotatable bonds is 5. The molecule has 4 heteroatoms. The fourth-order valence-electron chi connectivity index (χ4n) is 1.02. The van der Waals surface area contributed by atoms with Crippen LogP contribution < -0.4 is 5.32 Å². The van der Waals surface area contributed by atoms with E-state index in [0.717, 1.165) is 16.4 Å². The van der Waals surface area contributed by atoms with Crippen molar-refractivity contribution < 1.29 is 9.53 Å². The third-order valence-corrected chi connectivity index (χ3v) is 2.44. The number of hydrogen-bond donors (Lipinski definition) is 1. The van der Waals surface area contributed by atoms with Gasteiger partial charge in [0.05, 0.1) is 12.7 Å². The third-order valence-electron chi connectivity index (χ3n) is 1.62. The van der Waals surface area contributed by atoms with Gasteiger partial charge in [0, 0.05) is 17.7 Å². The first-order chi connectivity index (χ1) is 6.71. The summed E-state index contributed by atoms with van der Waals surface area (Å²) in [6.45, 7) is 1.99. The molecule has 0 aliphatic rings. The van der Waals surface area contributed by atoms with Gasteiger partial charge >= 0.3 is 5.97 Å². The largest absolute Gasteiger partial charge is 0.465 e. The highest BCUT2D eigenvalue weighted by Crippen LogP contribution is 2.14. The van der Waals surface area contributed by atoms with Crippen LogP contribution in [-0.2, 0) is 9.53 Å². The van der Waals surface area contributed by atoms with Gasteiger partial charge in [0.1, 0.15) is 0 Å². The summed E-state index contributed by atoms with van der Waals surface area (Å²) in [5, 5.41) is 2.92. The van der Waals surface area contributed by atoms with Crippen molar-refractivity contribution in [1.82, 2.24) is 5.32 Å². The van der Waals surface area contributed by atoms with E-state index in [-0.39, 0.29) is 5.97 Å². The maximum atomic E-state index is 11.4. The van der Waals surface area contributed by atoms with Gasteiger partial charge in [-0.25, -0.2) is 4.79 Å². The molecule has 0 saturated carbocycles. The zero-order valence-electron chi connectivity index (χ0n) is 8.76. The summed E-state index contributed by atoms with van der Waals surface area (Å²) < 4.78 is 5.49. The molecule has 0 aliphatic heterocycles. The van der Waals surface area contributed by atoms with Gasteiger partial charge in [0.15, 0.2) is 0 Å². The van der Waals surface area contributed by atoms with Crippen LogP contribution in [0.1, 0.15) is 13.3 Å². The second-order valence-electron chi connectivity index (χ2n) is 2.61. The van der Waals surface area contributed by atoms with Crippen LogP contribution in [0, 0.1) is 0 Å². The lowest BCUT2D eigenvalue weighted by atomic mass is 10.1. The van der Waals surface area contributed by atoms with Gasteiger partial charge in [0.25, 0.3) is 0 Å². The summed E-state index contributed by atoms with van der Waals surface area (Å²) in [4.78, 5) is 11.4. The molecule has 0 unspecified atom stereocenters. The van der Waals surface area contributed by atoms with Crippen LogP contribution in [0.5, 0.6) is 0 Å². The number of alkyl halides is 1. The topological polar surface area (TPSA) is 38.3 Å². The number of halogens is 1. The van der Waals surface area contributed by atoms with Gasteiger partial charge in [-0.05, 0) is 12.0 Å². The van der Waals surface area contributed by atoms with E-state index in [1.54, 1.807) is 0 Å². The zero-order chi connectivity index (χ0) is 11.0. The fraction of sp³-hybridized carbons (Fsp3) is 0.500. The molecule has 0 spiro atoms. The Morgan fingerprint density at radius 2 is 2.21 bits per heavy atom. The lowest BCUT2D eigenvalue weighted by Crippen LogP contribution is -2.10. The third kappa shape index (κ3) is 4.13. The lowest BCUT2D eigenvalue weighted by molar-refractivity contribution is -0.135. The minimum absolute atomic E-state index is 0.273. The van der Waals surface area contributed by atoms with Crippen LogP contribution in [0.2, 0.25) is 0 Å². The average molecular weight is 309 g/mol. The van der Waals surface area contributed by atoms with Crippen molar-refractivity contribution in [3.8, 4) is 0 Å². The van der Waals surface area contributed by atoms with E-state index >= 15 is 0 Å². The molecule has 0 fully saturated rings. The van der Waals surface area contributed by atoms with E-state index in [2.05, 4.69) is 27.9 Å². The van der Waals surface area contributed by atoms with Gasteiger partial charge in [-0.15, -0.1) is 0 Å². The SMILES string of the molecule is CC/C=C(C(=O)OC)\C(=C\NC)CI. The molecule has 0 amide bonds. The van der Waals surface area contributed by atoms with Crippen molar-refractivity contribution in [2.45, 2.75) is 13.3 Å². The monoisotopic (exact) mass is 309 g/mol. The Morgan fingerprint density at radius 1 is 1.57 bits per heavy atom. The Kier molecular flexibility index (Phi) is 7.55. The van der Waals surface area contributed by atoms with Crippen molar-refractivity contribution in [3.63, 3.8) is 0 Å². The first-order valence-corrected chi connectivity index (χ1v) is 5.94. The summed E-state index contributed by atoms with van der Waals surface area (Å²) in [5.41, 5.74) is 1.61. The Hall–Kier alpha value is -0.520. The van der Waals surface area contributed by atoms with Gasteiger partial charge < -0.3 is 10.1 Å². The van der Waals surface area contributed by atoms with E-state index in [1.165, 1.54) is 7.11 Å². The molecule has 0 rings (SSSR count). The molecule has 0 aliphatic carbocycles. The second kappa shape index (κ2) is 7.84. The van der Waals surface area contributed by atoms with Crippen LogP contribution >= 0.6 is 22.6 Å². The fourth-order valence-corrected chi connectivity index (χ4v) is 1.65. The normalized spacial score (nSPS) is 12.6. The lowest BCUT2D eigenvalue weighted by Gasteiger charge is -2.07. The molecule has 1 N–H and O–H groups in total. The summed E-state index contributed by atoms with van der Waals surface area (Å²) in [6.07, 6.45) is 4.53. The number of methoxy groups -OCH3 is 1.